The molecule has 1 unspecified atom stereocenters. The van der Waals surface area contributed by atoms with Crippen molar-refractivity contribution in [1.29, 1.82) is 0 Å². The summed E-state index contributed by atoms with van der Waals surface area (Å²) in [6, 6.07) is 7.11. The second-order valence-electron chi connectivity index (χ2n) is 6.65. The first kappa shape index (κ1) is 17.1. The fourth-order valence-electron chi connectivity index (χ4n) is 3.65. The molecule has 2 aliphatic rings. The summed E-state index contributed by atoms with van der Waals surface area (Å²) in [7, 11) is 1.36. The van der Waals surface area contributed by atoms with Gasteiger partial charge in [-0.3, -0.25) is 4.79 Å². The Morgan fingerprint density at radius 2 is 2.08 bits per heavy atom. The summed E-state index contributed by atoms with van der Waals surface area (Å²) < 4.78 is 4.72. The average molecular weight is 372 g/mol. The monoisotopic (exact) mass is 372 g/mol. The van der Waals surface area contributed by atoms with E-state index in [9.17, 15) is 9.59 Å². The van der Waals surface area contributed by atoms with E-state index in [2.05, 4.69) is 17.6 Å². The van der Waals surface area contributed by atoms with E-state index < -0.39 is 0 Å². The smallest absolute Gasteiger partial charge is 0.337 e. The molecule has 3 N–H and O–H groups in total. The molecule has 0 bridgehead atoms. The molecule has 1 amide bonds. The van der Waals surface area contributed by atoms with Crippen LogP contribution in [0.15, 0.2) is 24.3 Å². The highest BCUT2D eigenvalue weighted by molar-refractivity contribution is 7.16. The highest BCUT2D eigenvalue weighted by Crippen LogP contribution is 2.38. The Morgan fingerprint density at radius 3 is 2.77 bits per heavy atom. The first-order chi connectivity index (χ1) is 12.6. The van der Waals surface area contributed by atoms with Crippen molar-refractivity contribution in [3.05, 3.63) is 51.4 Å². The molecule has 4 rings (SSSR count). The molecule has 0 radical (unpaired) electrons. The van der Waals surface area contributed by atoms with Gasteiger partial charge in [0.1, 0.15) is 17.7 Å². The van der Waals surface area contributed by atoms with Crippen LogP contribution in [-0.4, -0.2) is 32.1 Å². The number of quaternary nitrogens is 1. The molecule has 26 heavy (non-hydrogen) atoms. The summed E-state index contributed by atoms with van der Waals surface area (Å²) in [6.07, 6.45) is 0.661. The number of methoxy groups -OCH3 is 1. The van der Waals surface area contributed by atoms with Crippen molar-refractivity contribution >= 4 is 28.2 Å². The van der Waals surface area contributed by atoms with Crippen LogP contribution in [-0.2, 0) is 17.7 Å². The first-order valence-electron chi connectivity index (χ1n) is 8.84. The van der Waals surface area contributed by atoms with Crippen molar-refractivity contribution in [2.24, 2.45) is 0 Å². The van der Waals surface area contributed by atoms with Gasteiger partial charge in [-0.1, -0.05) is 12.1 Å². The standard InChI is InChI=1S/C19H21N3O3S/c1-3-22-9-8-13-14(10-22)26-18-15(13)17(23)20-16(21-18)11-4-6-12(7-5-11)19(24)25-2/h4-7,16,21H,3,8-10H2,1-2H3,(H,20,23)/p+1/t16-/m1/s1. The number of hydrogen-bond donors (Lipinski definition) is 3. The maximum atomic E-state index is 12.7. The highest BCUT2D eigenvalue weighted by atomic mass is 32.1. The van der Waals surface area contributed by atoms with Gasteiger partial charge in [0.2, 0.25) is 0 Å². The number of carbonyl (C=O) groups is 2. The zero-order chi connectivity index (χ0) is 18.3. The number of amides is 1. The quantitative estimate of drug-likeness (QED) is 0.712. The van der Waals surface area contributed by atoms with Crippen molar-refractivity contribution in [3.63, 3.8) is 0 Å². The van der Waals surface area contributed by atoms with Crippen molar-refractivity contribution in [2.75, 3.05) is 25.5 Å². The number of fused-ring (bicyclic) bond motifs is 3. The SMILES string of the molecule is CC[NH+]1CCc2c(sc3c2C(=O)N[C@@H](c2ccc(C(=O)OC)cc2)N3)C1. The summed E-state index contributed by atoms with van der Waals surface area (Å²) >= 11 is 1.70. The van der Waals surface area contributed by atoms with E-state index in [0.29, 0.717) is 5.56 Å². The summed E-state index contributed by atoms with van der Waals surface area (Å²) in [5, 5.41) is 7.46. The van der Waals surface area contributed by atoms with Crippen LogP contribution in [0.25, 0.3) is 0 Å². The van der Waals surface area contributed by atoms with Gasteiger partial charge in [0.15, 0.2) is 0 Å². The Hall–Kier alpha value is -2.38. The van der Waals surface area contributed by atoms with Crippen LogP contribution in [0.4, 0.5) is 5.00 Å². The van der Waals surface area contributed by atoms with E-state index in [0.717, 1.165) is 42.2 Å². The zero-order valence-corrected chi connectivity index (χ0v) is 15.7. The van der Waals surface area contributed by atoms with E-state index in [-0.39, 0.29) is 18.0 Å². The van der Waals surface area contributed by atoms with Crippen molar-refractivity contribution in [3.8, 4) is 0 Å². The topological polar surface area (TPSA) is 71.9 Å². The summed E-state index contributed by atoms with van der Waals surface area (Å²) in [6.45, 7) is 5.39. The lowest BCUT2D eigenvalue weighted by Gasteiger charge is -2.27. The molecule has 0 saturated heterocycles. The maximum Gasteiger partial charge on any atom is 0.337 e. The molecule has 3 heterocycles. The molecule has 0 fully saturated rings. The van der Waals surface area contributed by atoms with E-state index in [1.165, 1.54) is 17.6 Å². The van der Waals surface area contributed by atoms with E-state index >= 15 is 0 Å². The van der Waals surface area contributed by atoms with Gasteiger partial charge in [-0.15, -0.1) is 11.3 Å². The van der Waals surface area contributed by atoms with E-state index in [4.69, 9.17) is 4.74 Å². The average Bonchev–Trinajstić information content (AvgIpc) is 3.05. The number of benzene rings is 1. The van der Waals surface area contributed by atoms with E-state index in [1.807, 2.05) is 12.1 Å². The fraction of sp³-hybridized carbons (Fsp3) is 0.368. The number of likely N-dealkylation sites (N-methyl/N-ethyl adjacent to an activating group) is 1. The van der Waals surface area contributed by atoms with Crippen LogP contribution in [0.1, 0.15) is 49.8 Å². The summed E-state index contributed by atoms with van der Waals surface area (Å²) in [4.78, 5) is 27.2. The fourth-order valence-corrected chi connectivity index (χ4v) is 4.99. The molecule has 0 aliphatic carbocycles. The lowest BCUT2D eigenvalue weighted by molar-refractivity contribution is -0.913. The molecule has 2 aliphatic heterocycles. The van der Waals surface area contributed by atoms with Crippen molar-refractivity contribution in [1.82, 2.24) is 5.32 Å². The van der Waals surface area contributed by atoms with Gasteiger partial charge in [-0.05, 0) is 30.2 Å². The summed E-state index contributed by atoms with van der Waals surface area (Å²) in [5.41, 5.74) is 3.44. The molecule has 6 nitrogen and oxygen atoms in total. The second kappa shape index (κ2) is 6.74. The molecule has 0 saturated carbocycles. The number of rotatable bonds is 3. The van der Waals surface area contributed by atoms with Crippen LogP contribution >= 0.6 is 11.3 Å². The predicted molar refractivity (Wildman–Crippen MR) is 99.7 cm³/mol. The molecule has 1 aromatic heterocycles. The van der Waals surface area contributed by atoms with Crippen LogP contribution in [0.3, 0.4) is 0 Å². The zero-order valence-electron chi connectivity index (χ0n) is 14.8. The largest absolute Gasteiger partial charge is 0.465 e. The van der Waals surface area contributed by atoms with Crippen molar-refractivity contribution in [2.45, 2.75) is 26.1 Å². The number of anilines is 1. The van der Waals surface area contributed by atoms with Crippen LogP contribution in [0.2, 0.25) is 0 Å². The second-order valence-corrected chi connectivity index (χ2v) is 7.76. The number of ether oxygens (including phenoxy) is 1. The van der Waals surface area contributed by atoms with Gasteiger partial charge < -0.3 is 20.3 Å². The Labute approximate surface area is 156 Å². The lowest BCUT2D eigenvalue weighted by Crippen LogP contribution is -3.11. The van der Waals surface area contributed by atoms with Gasteiger partial charge in [-0.25, -0.2) is 4.79 Å². The third kappa shape index (κ3) is 2.87. The number of thiophene rings is 1. The third-order valence-corrected chi connectivity index (χ3v) is 6.34. The predicted octanol–water partition coefficient (Wildman–Crippen LogP) is 1.35. The molecule has 2 atom stereocenters. The minimum atomic E-state index is -0.367. The number of esters is 1. The van der Waals surface area contributed by atoms with Gasteiger partial charge in [0.05, 0.1) is 36.2 Å². The van der Waals surface area contributed by atoms with Gasteiger partial charge >= 0.3 is 5.97 Å². The molecular weight excluding hydrogens is 350 g/mol. The molecule has 7 heteroatoms. The Kier molecular flexibility index (Phi) is 4.42. The summed E-state index contributed by atoms with van der Waals surface area (Å²) in [5.74, 6) is -0.383. The highest BCUT2D eigenvalue weighted by Gasteiger charge is 2.34. The Morgan fingerprint density at radius 1 is 1.31 bits per heavy atom. The number of hydrogen-bond acceptors (Lipinski definition) is 5. The van der Waals surface area contributed by atoms with Crippen molar-refractivity contribution < 1.29 is 19.2 Å². The molecule has 2 aromatic rings. The van der Waals surface area contributed by atoms with Crippen LogP contribution in [0, 0.1) is 0 Å². The third-order valence-electron chi connectivity index (χ3n) is 5.17. The minimum Gasteiger partial charge on any atom is -0.465 e. The van der Waals surface area contributed by atoms with Gasteiger partial charge in [-0.2, -0.15) is 0 Å². The molecule has 136 valence electrons. The maximum absolute atomic E-state index is 12.7. The van der Waals surface area contributed by atoms with Gasteiger partial charge in [0.25, 0.3) is 5.91 Å². The Balaban J connectivity index is 1.60. The Bertz CT molecular complexity index is 860. The molecular formula is C19H22N3O3S+. The normalized spacial score (nSPS) is 21.2. The van der Waals surface area contributed by atoms with Gasteiger partial charge in [0, 0.05) is 6.42 Å². The van der Waals surface area contributed by atoms with Crippen LogP contribution in [0.5, 0.6) is 0 Å². The first-order valence-corrected chi connectivity index (χ1v) is 9.66. The molecule has 0 spiro atoms. The number of nitrogens with one attached hydrogen (secondary N) is 3. The van der Waals surface area contributed by atoms with E-state index in [1.54, 1.807) is 28.4 Å². The van der Waals surface area contributed by atoms with Crippen LogP contribution < -0.4 is 15.5 Å². The number of carbonyl (C=O) groups excluding carboxylic acids is 2. The minimum absolute atomic E-state index is 0.0155. The lowest BCUT2D eigenvalue weighted by atomic mass is 10.00. The molecule has 1 aromatic carbocycles.